The normalized spacial score (nSPS) is 14.7. The Morgan fingerprint density at radius 1 is 1.30 bits per heavy atom. The summed E-state index contributed by atoms with van der Waals surface area (Å²) in [6, 6.07) is 7.58. The predicted octanol–water partition coefficient (Wildman–Crippen LogP) is 1.94. The second-order valence-corrected chi connectivity index (χ2v) is 6.39. The number of benzene rings is 1. The number of piperidine rings is 1. The van der Waals surface area contributed by atoms with Gasteiger partial charge in [-0.2, -0.15) is 0 Å². The quantitative estimate of drug-likeness (QED) is 0.468. The van der Waals surface area contributed by atoms with Gasteiger partial charge in [-0.1, -0.05) is 0 Å². The molecule has 1 aliphatic heterocycles. The van der Waals surface area contributed by atoms with Crippen molar-refractivity contribution in [2.24, 2.45) is 5.92 Å². The average molecular weight is 372 g/mol. The molecule has 0 bridgehead atoms. The number of nitrogens with zero attached hydrogens (tertiary/aromatic N) is 2. The maximum Gasteiger partial charge on any atom is 0.292 e. The molecule has 0 unspecified atom stereocenters. The molecule has 1 aromatic heterocycles. The fraction of sp³-hybridized carbons (Fsp3) is 0.333. The van der Waals surface area contributed by atoms with Crippen LogP contribution in [-0.2, 0) is 11.3 Å². The number of amides is 2. The Morgan fingerprint density at radius 2 is 2.04 bits per heavy atom. The molecule has 0 saturated carbocycles. The molecule has 1 aromatic carbocycles. The molecule has 0 aliphatic carbocycles. The van der Waals surface area contributed by atoms with Gasteiger partial charge < -0.3 is 20.4 Å². The minimum Gasteiger partial charge on any atom is -0.467 e. The minimum atomic E-state index is -0.609. The Balaban J connectivity index is 1.55. The number of nitro groups is 1. The molecule has 1 aliphatic rings. The summed E-state index contributed by atoms with van der Waals surface area (Å²) in [6.45, 7) is 1.16. The van der Waals surface area contributed by atoms with Crippen LogP contribution in [0.2, 0.25) is 0 Å². The highest BCUT2D eigenvalue weighted by atomic mass is 16.6. The highest BCUT2D eigenvalue weighted by molar-refractivity contribution is 5.95. The third-order valence-electron chi connectivity index (χ3n) is 4.64. The number of anilines is 1. The van der Waals surface area contributed by atoms with Gasteiger partial charge >= 0.3 is 0 Å². The highest BCUT2D eigenvalue weighted by Gasteiger charge is 2.28. The van der Waals surface area contributed by atoms with Gasteiger partial charge in [0.25, 0.3) is 11.6 Å². The molecule has 9 nitrogen and oxygen atoms in total. The van der Waals surface area contributed by atoms with E-state index in [-0.39, 0.29) is 34.7 Å². The van der Waals surface area contributed by atoms with E-state index in [9.17, 15) is 19.7 Å². The van der Waals surface area contributed by atoms with Crippen LogP contribution in [0.3, 0.4) is 0 Å². The van der Waals surface area contributed by atoms with Crippen molar-refractivity contribution in [2.75, 3.05) is 18.8 Å². The van der Waals surface area contributed by atoms with Crippen LogP contribution in [0.5, 0.6) is 0 Å². The van der Waals surface area contributed by atoms with E-state index in [2.05, 4.69) is 5.32 Å². The lowest BCUT2D eigenvalue weighted by Crippen LogP contribution is -2.42. The summed E-state index contributed by atoms with van der Waals surface area (Å²) < 4.78 is 5.18. The average Bonchev–Trinajstić information content (AvgIpc) is 3.19. The van der Waals surface area contributed by atoms with Gasteiger partial charge in [0.05, 0.1) is 17.7 Å². The van der Waals surface area contributed by atoms with Crippen molar-refractivity contribution in [3.05, 3.63) is 58.0 Å². The fourth-order valence-corrected chi connectivity index (χ4v) is 3.09. The Labute approximate surface area is 155 Å². The number of nitrogen functional groups attached to an aromatic ring is 1. The first-order chi connectivity index (χ1) is 13.0. The third kappa shape index (κ3) is 4.25. The number of nitro benzene ring substituents is 1. The van der Waals surface area contributed by atoms with Crippen LogP contribution >= 0.6 is 0 Å². The zero-order chi connectivity index (χ0) is 19.4. The third-order valence-corrected chi connectivity index (χ3v) is 4.64. The molecule has 142 valence electrons. The van der Waals surface area contributed by atoms with Gasteiger partial charge in [0, 0.05) is 30.6 Å². The lowest BCUT2D eigenvalue weighted by molar-refractivity contribution is -0.383. The SMILES string of the molecule is Nc1ccc(C(=O)N2CCC(C(=O)NCc3ccco3)CC2)cc1[N+](=O)[O-]. The molecule has 0 atom stereocenters. The van der Waals surface area contributed by atoms with Gasteiger partial charge in [0.1, 0.15) is 11.4 Å². The van der Waals surface area contributed by atoms with Crippen LogP contribution < -0.4 is 11.1 Å². The number of rotatable bonds is 5. The summed E-state index contributed by atoms with van der Waals surface area (Å²) in [5, 5.41) is 13.8. The molecule has 3 N–H and O–H groups in total. The van der Waals surface area contributed by atoms with Crippen LogP contribution in [0.15, 0.2) is 41.0 Å². The molecule has 2 aromatic rings. The van der Waals surface area contributed by atoms with E-state index in [0.29, 0.717) is 38.2 Å². The van der Waals surface area contributed by atoms with E-state index in [0.717, 1.165) is 0 Å². The van der Waals surface area contributed by atoms with E-state index >= 15 is 0 Å². The van der Waals surface area contributed by atoms with Crippen molar-refractivity contribution in [2.45, 2.75) is 19.4 Å². The lowest BCUT2D eigenvalue weighted by Gasteiger charge is -2.31. The van der Waals surface area contributed by atoms with Crippen molar-refractivity contribution in [1.82, 2.24) is 10.2 Å². The van der Waals surface area contributed by atoms with Crippen molar-refractivity contribution < 1.29 is 18.9 Å². The number of furan rings is 1. The summed E-state index contributed by atoms with van der Waals surface area (Å²) in [6.07, 6.45) is 2.62. The van der Waals surface area contributed by atoms with Gasteiger partial charge in [-0.05, 0) is 37.1 Å². The lowest BCUT2D eigenvalue weighted by atomic mass is 9.95. The molecular formula is C18H20N4O5. The second kappa shape index (κ2) is 7.90. The number of likely N-dealkylation sites (tertiary alicyclic amines) is 1. The molecule has 9 heteroatoms. The molecular weight excluding hydrogens is 352 g/mol. The molecule has 27 heavy (non-hydrogen) atoms. The number of hydrogen-bond acceptors (Lipinski definition) is 6. The van der Waals surface area contributed by atoms with Gasteiger partial charge in [-0.15, -0.1) is 0 Å². The zero-order valence-electron chi connectivity index (χ0n) is 14.6. The molecule has 1 fully saturated rings. The van der Waals surface area contributed by atoms with Crippen molar-refractivity contribution in [1.29, 1.82) is 0 Å². The molecule has 0 radical (unpaired) electrons. The van der Waals surface area contributed by atoms with Gasteiger partial charge in [-0.3, -0.25) is 19.7 Å². The minimum absolute atomic E-state index is 0.0171. The van der Waals surface area contributed by atoms with Crippen molar-refractivity contribution in [3.8, 4) is 0 Å². The summed E-state index contributed by atoms with van der Waals surface area (Å²) in [7, 11) is 0. The monoisotopic (exact) mass is 372 g/mol. The van der Waals surface area contributed by atoms with E-state index in [1.807, 2.05) is 0 Å². The van der Waals surface area contributed by atoms with Gasteiger partial charge in [-0.25, -0.2) is 0 Å². The summed E-state index contributed by atoms with van der Waals surface area (Å²) in [5.74, 6) is 0.139. The maximum absolute atomic E-state index is 12.6. The molecule has 3 rings (SSSR count). The number of nitrogens with one attached hydrogen (secondary N) is 1. The fourth-order valence-electron chi connectivity index (χ4n) is 3.09. The summed E-state index contributed by atoms with van der Waals surface area (Å²) >= 11 is 0. The number of nitrogens with two attached hydrogens (primary N) is 1. The number of carbonyl (C=O) groups excluding carboxylic acids is 2. The van der Waals surface area contributed by atoms with Crippen LogP contribution in [0, 0.1) is 16.0 Å². The van der Waals surface area contributed by atoms with Crippen molar-refractivity contribution >= 4 is 23.2 Å². The van der Waals surface area contributed by atoms with E-state index < -0.39 is 4.92 Å². The van der Waals surface area contributed by atoms with Crippen LogP contribution in [0.25, 0.3) is 0 Å². The van der Waals surface area contributed by atoms with Gasteiger partial charge in [0.2, 0.25) is 5.91 Å². The summed E-state index contributed by atoms with van der Waals surface area (Å²) in [4.78, 5) is 36.8. The largest absolute Gasteiger partial charge is 0.467 e. The second-order valence-electron chi connectivity index (χ2n) is 6.39. The molecule has 1 saturated heterocycles. The van der Waals surface area contributed by atoms with E-state index in [1.54, 1.807) is 23.3 Å². The van der Waals surface area contributed by atoms with Crippen LogP contribution in [-0.4, -0.2) is 34.7 Å². The first-order valence-corrected chi connectivity index (χ1v) is 8.59. The summed E-state index contributed by atoms with van der Waals surface area (Å²) in [5.41, 5.74) is 5.52. The Bertz CT molecular complexity index is 841. The Kier molecular flexibility index (Phi) is 5.39. The van der Waals surface area contributed by atoms with Crippen molar-refractivity contribution in [3.63, 3.8) is 0 Å². The molecule has 2 amide bonds. The highest BCUT2D eigenvalue weighted by Crippen LogP contribution is 2.25. The first-order valence-electron chi connectivity index (χ1n) is 8.59. The number of hydrogen-bond donors (Lipinski definition) is 2. The molecule has 0 spiro atoms. The Hall–Kier alpha value is -3.36. The maximum atomic E-state index is 12.6. The van der Waals surface area contributed by atoms with E-state index in [1.165, 1.54) is 18.2 Å². The van der Waals surface area contributed by atoms with Gasteiger partial charge in [0.15, 0.2) is 0 Å². The first kappa shape index (κ1) is 18.4. The predicted molar refractivity (Wildman–Crippen MR) is 96.7 cm³/mol. The zero-order valence-corrected chi connectivity index (χ0v) is 14.6. The Morgan fingerprint density at radius 3 is 2.67 bits per heavy atom. The number of carbonyl (C=O) groups is 2. The standard InChI is InChI=1S/C18H20N4O5/c19-15-4-3-13(10-16(15)22(25)26)18(24)21-7-5-12(6-8-21)17(23)20-11-14-2-1-9-27-14/h1-4,9-10,12H,5-8,11,19H2,(H,20,23). The molecule has 2 heterocycles. The van der Waals surface area contributed by atoms with Crippen LogP contribution in [0.4, 0.5) is 11.4 Å². The van der Waals surface area contributed by atoms with Crippen LogP contribution in [0.1, 0.15) is 29.0 Å². The van der Waals surface area contributed by atoms with E-state index in [4.69, 9.17) is 10.2 Å². The smallest absolute Gasteiger partial charge is 0.292 e. The topological polar surface area (TPSA) is 132 Å².